The van der Waals surface area contributed by atoms with Crippen LogP contribution in [0.3, 0.4) is 0 Å². The molecule has 0 amide bonds. The number of allylic oxidation sites excluding steroid dienone is 2. The van der Waals surface area contributed by atoms with Gasteiger partial charge < -0.3 is 0 Å². The van der Waals surface area contributed by atoms with Crippen LogP contribution in [0.25, 0.3) is 23.3 Å². The molecule has 2 aromatic rings. The molecule has 1 heteroatoms. The number of rotatable bonds is 3. The minimum Gasteiger partial charge on any atom is -0.0735 e. The fourth-order valence-electron chi connectivity index (χ4n) is 5.44. The number of benzene rings is 2. The minimum absolute atomic E-state index is 0. The molecular formula is C28H31Zr. The SMILES string of the molecule is [C]1=c2cccc(-c3ccc(C4CCCCC4)cc3)c2=CC1=CC1CCCCC1.[Zr]. The Balaban J connectivity index is 0.00000205. The third-order valence-corrected chi connectivity index (χ3v) is 7.05. The van der Waals surface area contributed by atoms with Gasteiger partial charge in [0.15, 0.2) is 0 Å². The molecule has 29 heavy (non-hydrogen) atoms. The molecule has 3 aliphatic carbocycles. The first-order valence-electron chi connectivity index (χ1n) is 11.4. The fraction of sp³-hybridized carbons (Fsp3) is 0.429. The van der Waals surface area contributed by atoms with Crippen LogP contribution >= 0.6 is 0 Å². The van der Waals surface area contributed by atoms with E-state index in [1.54, 1.807) is 0 Å². The van der Waals surface area contributed by atoms with Crippen LogP contribution in [0.2, 0.25) is 0 Å². The Labute approximate surface area is 194 Å². The first kappa shape index (κ1) is 21.1. The zero-order chi connectivity index (χ0) is 18.8. The van der Waals surface area contributed by atoms with Crippen molar-refractivity contribution >= 4 is 12.2 Å². The molecule has 0 aliphatic heterocycles. The summed E-state index contributed by atoms with van der Waals surface area (Å²) in [4.78, 5) is 0. The van der Waals surface area contributed by atoms with Gasteiger partial charge in [0.25, 0.3) is 0 Å². The molecule has 2 saturated carbocycles. The second-order valence-electron chi connectivity index (χ2n) is 9.01. The largest absolute Gasteiger partial charge is 0.0735 e. The van der Waals surface area contributed by atoms with Gasteiger partial charge in [-0.2, -0.15) is 0 Å². The number of fused-ring (bicyclic) bond motifs is 1. The van der Waals surface area contributed by atoms with E-state index < -0.39 is 0 Å². The Morgan fingerprint density at radius 1 is 0.759 bits per heavy atom. The summed E-state index contributed by atoms with van der Waals surface area (Å²) in [5, 5.41) is 2.62. The molecule has 147 valence electrons. The average Bonchev–Trinajstić information content (AvgIpc) is 3.18. The summed E-state index contributed by atoms with van der Waals surface area (Å²) in [6.07, 6.45) is 22.4. The van der Waals surface area contributed by atoms with Gasteiger partial charge in [0, 0.05) is 26.2 Å². The van der Waals surface area contributed by atoms with Crippen molar-refractivity contribution in [1.82, 2.24) is 0 Å². The van der Waals surface area contributed by atoms with Crippen molar-refractivity contribution < 1.29 is 26.2 Å². The molecule has 5 rings (SSSR count). The topological polar surface area (TPSA) is 0 Å². The second-order valence-corrected chi connectivity index (χ2v) is 9.01. The molecule has 0 spiro atoms. The predicted octanol–water partition coefficient (Wildman–Crippen LogP) is 6.36. The Kier molecular flexibility index (Phi) is 7.07. The smallest absolute Gasteiger partial charge is 0 e. The van der Waals surface area contributed by atoms with E-state index >= 15 is 0 Å². The van der Waals surface area contributed by atoms with Gasteiger partial charge in [-0.25, -0.2) is 0 Å². The molecule has 2 aromatic carbocycles. The van der Waals surface area contributed by atoms with Crippen LogP contribution in [0.15, 0.2) is 54.1 Å². The summed E-state index contributed by atoms with van der Waals surface area (Å²) in [5.74, 6) is 1.53. The van der Waals surface area contributed by atoms with E-state index in [-0.39, 0.29) is 26.2 Å². The number of hydrogen-bond acceptors (Lipinski definition) is 0. The van der Waals surface area contributed by atoms with Crippen molar-refractivity contribution in [3.8, 4) is 11.1 Å². The van der Waals surface area contributed by atoms with Crippen LogP contribution in [0.5, 0.6) is 0 Å². The summed E-state index contributed by atoms with van der Waals surface area (Å²) < 4.78 is 0. The van der Waals surface area contributed by atoms with Crippen molar-refractivity contribution in [3.05, 3.63) is 70.1 Å². The van der Waals surface area contributed by atoms with Gasteiger partial charge in [-0.05, 0) is 82.4 Å². The minimum atomic E-state index is 0. The van der Waals surface area contributed by atoms with Crippen LogP contribution in [0, 0.1) is 5.92 Å². The first-order chi connectivity index (χ1) is 13.9. The van der Waals surface area contributed by atoms with Gasteiger partial charge in [-0.3, -0.25) is 0 Å². The van der Waals surface area contributed by atoms with E-state index in [1.165, 1.54) is 96.9 Å². The quantitative estimate of drug-likeness (QED) is 0.502. The van der Waals surface area contributed by atoms with Crippen molar-refractivity contribution in [2.24, 2.45) is 5.92 Å². The molecule has 0 aromatic heterocycles. The zero-order valence-electron chi connectivity index (χ0n) is 17.4. The average molecular weight is 459 g/mol. The Bertz CT molecular complexity index is 968. The van der Waals surface area contributed by atoms with E-state index in [9.17, 15) is 0 Å². The fourth-order valence-corrected chi connectivity index (χ4v) is 5.44. The molecular weight excluding hydrogens is 428 g/mol. The molecule has 0 nitrogen and oxygen atoms in total. The van der Waals surface area contributed by atoms with Gasteiger partial charge >= 0.3 is 0 Å². The molecule has 2 fully saturated rings. The van der Waals surface area contributed by atoms with Gasteiger partial charge in [0.2, 0.25) is 0 Å². The van der Waals surface area contributed by atoms with Crippen LogP contribution < -0.4 is 10.4 Å². The summed E-state index contributed by atoms with van der Waals surface area (Å²) in [6, 6.07) is 16.1. The molecule has 0 N–H and O–H groups in total. The van der Waals surface area contributed by atoms with E-state index in [4.69, 9.17) is 0 Å². The third-order valence-electron chi connectivity index (χ3n) is 7.05. The Hall–Kier alpha value is -1.20. The standard InChI is InChI=1S/C28H31.Zr/c1-3-8-21(9-4-1)18-22-19-26-12-7-13-27(28(26)20-22)25-16-14-24(15-17-25)23-10-5-2-6-11-23;/h7,12-18,20-21,23H,1-6,8-11H2;. The monoisotopic (exact) mass is 457 g/mol. The van der Waals surface area contributed by atoms with Gasteiger partial charge in [0.1, 0.15) is 0 Å². The van der Waals surface area contributed by atoms with Gasteiger partial charge in [0.05, 0.1) is 0 Å². The van der Waals surface area contributed by atoms with Crippen LogP contribution in [-0.2, 0) is 26.2 Å². The molecule has 0 heterocycles. The second kappa shape index (κ2) is 9.74. The molecule has 0 unspecified atom stereocenters. The normalized spacial score (nSPS) is 21.2. The molecule has 0 atom stereocenters. The molecule has 0 bridgehead atoms. The van der Waals surface area contributed by atoms with Crippen LogP contribution in [0.4, 0.5) is 0 Å². The van der Waals surface area contributed by atoms with Crippen molar-refractivity contribution in [2.75, 3.05) is 0 Å². The predicted molar refractivity (Wildman–Crippen MR) is 119 cm³/mol. The van der Waals surface area contributed by atoms with Gasteiger partial charge in [-0.1, -0.05) is 87.1 Å². The molecule has 3 aliphatic rings. The summed E-state index contributed by atoms with van der Waals surface area (Å²) >= 11 is 0. The first-order valence-corrected chi connectivity index (χ1v) is 11.4. The maximum atomic E-state index is 3.66. The Morgan fingerprint density at radius 2 is 1.45 bits per heavy atom. The van der Waals surface area contributed by atoms with E-state index in [0.29, 0.717) is 0 Å². The number of hydrogen-bond donors (Lipinski definition) is 0. The maximum Gasteiger partial charge on any atom is 0 e. The summed E-state index contributed by atoms with van der Waals surface area (Å²) in [7, 11) is 0. The summed E-state index contributed by atoms with van der Waals surface area (Å²) in [6.45, 7) is 0. The van der Waals surface area contributed by atoms with Crippen molar-refractivity contribution in [1.29, 1.82) is 0 Å². The zero-order valence-corrected chi connectivity index (χ0v) is 19.9. The van der Waals surface area contributed by atoms with Gasteiger partial charge in [-0.15, -0.1) is 0 Å². The van der Waals surface area contributed by atoms with E-state index in [2.05, 4.69) is 60.7 Å². The van der Waals surface area contributed by atoms with Crippen molar-refractivity contribution in [2.45, 2.75) is 70.1 Å². The molecule has 0 saturated heterocycles. The maximum absolute atomic E-state index is 3.66. The third kappa shape index (κ3) is 4.77. The van der Waals surface area contributed by atoms with E-state index in [0.717, 1.165) is 11.8 Å². The van der Waals surface area contributed by atoms with Crippen LogP contribution in [0.1, 0.15) is 75.7 Å². The molecule has 1 radical (unpaired) electrons. The summed E-state index contributed by atoms with van der Waals surface area (Å²) in [5.41, 5.74) is 5.53. The van der Waals surface area contributed by atoms with Crippen molar-refractivity contribution in [3.63, 3.8) is 0 Å². The van der Waals surface area contributed by atoms with Crippen LogP contribution in [-0.4, -0.2) is 0 Å². The Morgan fingerprint density at radius 3 is 2.17 bits per heavy atom. The van der Waals surface area contributed by atoms with E-state index in [1.807, 2.05) is 0 Å².